The lowest BCUT2D eigenvalue weighted by molar-refractivity contribution is 0.766. The summed E-state index contributed by atoms with van der Waals surface area (Å²) in [5.74, 6) is 1.34. The van der Waals surface area contributed by atoms with Crippen LogP contribution in [0.15, 0.2) is 41.0 Å². The van der Waals surface area contributed by atoms with E-state index in [1.54, 1.807) is 23.7 Å². The van der Waals surface area contributed by atoms with Gasteiger partial charge in [0.25, 0.3) is 0 Å². The third-order valence-corrected chi connectivity index (χ3v) is 3.34. The molecule has 2 aromatic heterocycles. The van der Waals surface area contributed by atoms with Crippen LogP contribution >= 0.6 is 35.3 Å². The molecule has 0 fully saturated rings. The van der Waals surface area contributed by atoms with E-state index >= 15 is 0 Å². The van der Waals surface area contributed by atoms with Crippen molar-refractivity contribution < 1.29 is 0 Å². The number of aliphatic imine (C=N–C) groups is 1. The summed E-state index contributed by atoms with van der Waals surface area (Å²) >= 11 is 1.63. The lowest BCUT2D eigenvalue weighted by Crippen LogP contribution is -2.23. The van der Waals surface area contributed by atoms with Crippen LogP contribution in [0, 0.1) is 0 Å². The van der Waals surface area contributed by atoms with Gasteiger partial charge < -0.3 is 11.1 Å². The second-order valence-corrected chi connectivity index (χ2v) is 4.76. The summed E-state index contributed by atoms with van der Waals surface area (Å²) in [4.78, 5) is 12.7. The molecule has 19 heavy (non-hydrogen) atoms. The van der Waals surface area contributed by atoms with Gasteiger partial charge in [-0.1, -0.05) is 13.0 Å². The van der Waals surface area contributed by atoms with Gasteiger partial charge in [-0.05, 0) is 12.1 Å². The summed E-state index contributed by atoms with van der Waals surface area (Å²) in [7, 11) is 0. The quantitative estimate of drug-likeness (QED) is 0.479. The molecule has 0 spiro atoms. The number of nitrogens with two attached hydrogens (primary N) is 1. The van der Waals surface area contributed by atoms with Gasteiger partial charge in [0, 0.05) is 23.7 Å². The molecular formula is C12H16IN5S. The van der Waals surface area contributed by atoms with Crippen LogP contribution in [0.1, 0.15) is 17.8 Å². The van der Waals surface area contributed by atoms with Crippen LogP contribution in [-0.4, -0.2) is 22.5 Å². The zero-order valence-corrected chi connectivity index (χ0v) is 13.6. The van der Waals surface area contributed by atoms with Gasteiger partial charge in [-0.25, -0.2) is 9.97 Å². The zero-order chi connectivity index (χ0) is 12.8. The maximum Gasteiger partial charge on any atom is 0.194 e. The minimum absolute atomic E-state index is 0. The minimum Gasteiger partial charge on any atom is -0.370 e. The summed E-state index contributed by atoms with van der Waals surface area (Å²) in [6.07, 6.45) is 3.50. The van der Waals surface area contributed by atoms with Crippen molar-refractivity contribution in [3.8, 4) is 0 Å². The van der Waals surface area contributed by atoms with Gasteiger partial charge in [0.05, 0.1) is 11.6 Å². The number of rotatable bonds is 4. The van der Waals surface area contributed by atoms with E-state index in [1.165, 1.54) is 0 Å². The van der Waals surface area contributed by atoms with Crippen molar-refractivity contribution in [2.75, 3.05) is 11.9 Å². The van der Waals surface area contributed by atoms with Crippen molar-refractivity contribution in [2.45, 2.75) is 12.8 Å². The second-order valence-electron chi connectivity index (χ2n) is 3.84. The third-order valence-electron chi connectivity index (χ3n) is 2.33. The molecule has 0 radical (unpaired) electrons. The number of pyridine rings is 1. The number of hydrogen-bond acceptors (Lipinski definition) is 4. The normalized spacial score (nSPS) is 12.6. The van der Waals surface area contributed by atoms with E-state index in [9.17, 15) is 0 Å². The Morgan fingerprint density at radius 2 is 2.26 bits per heavy atom. The molecule has 5 nitrogen and oxygen atoms in total. The van der Waals surface area contributed by atoms with E-state index in [0.717, 1.165) is 5.01 Å². The van der Waals surface area contributed by atoms with Crippen LogP contribution in [0.5, 0.6) is 0 Å². The largest absolute Gasteiger partial charge is 0.370 e. The number of nitrogens with zero attached hydrogens (tertiary/aromatic N) is 3. The van der Waals surface area contributed by atoms with Crippen LogP contribution in [0.3, 0.4) is 0 Å². The molecule has 2 rings (SSSR count). The predicted molar refractivity (Wildman–Crippen MR) is 90.3 cm³/mol. The minimum atomic E-state index is 0. The molecule has 0 saturated carbocycles. The fourth-order valence-corrected chi connectivity index (χ4v) is 2.09. The van der Waals surface area contributed by atoms with E-state index in [2.05, 4.69) is 27.2 Å². The van der Waals surface area contributed by atoms with E-state index in [-0.39, 0.29) is 29.9 Å². The number of halogens is 1. The molecule has 0 aromatic carbocycles. The van der Waals surface area contributed by atoms with Gasteiger partial charge in [-0.2, -0.15) is 0 Å². The Hall–Kier alpha value is -1.22. The van der Waals surface area contributed by atoms with Crippen LogP contribution in [0.25, 0.3) is 0 Å². The Labute approximate surface area is 133 Å². The van der Waals surface area contributed by atoms with Crippen molar-refractivity contribution >= 4 is 47.1 Å². The first-order valence-corrected chi connectivity index (χ1v) is 6.51. The Morgan fingerprint density at radius 1 is 1.42 bits per heavy atom. The number of thiazole rings is 1. The Bertz CT molecular complexity index is 500. The Morgan fingerprint density at radius 3 is 2.89 bits per heavy atom. The first-order valence-electron chi connectivity index (χ1n) is 5.63. The Kier molecular flexibility index (Phi) is 6.71. The molecule has 0 aliphatic rings. The monoisotopic (exact) mass is 389 g/mol. The van der Waals surface area contributed by atoms with Gasteiger partial charge in [-0.3, -0.25) is 4.99 Å². The van der Waals surface area contributed by atoms with Crippen LogP contribution in [-0.2, 0) is 0 Å². The number of guanidine groups is 1. The SMILES string of the molecule is CC(CN=C(N)Nc1ccccn1)c1nccs1.I. The molecule has 3 N–H and O–H groups in total. The number of aromatic nitrogens is 2. The van der Waals surface area contributed by atoms with E-state index < -0.39 is 0 Å². The van der Waals surface area contributed by atoms with Crippen molar-refractivity contribution in [2.24, 2.45) is 10.7 Å². The van der Waals surface area contributed by atoms with Crippen molar-refractivity contribution in [3.05, 3.63) is 41.0 Å². The maximum atomic E-state index is 5.79. The molecule has 2 aromatic rings. The van der Waals surface area contributed by atoms with Gasteiger partial charge in [0.2, 0.25) is 0 Å². The van der Waals surface area contributed by atoms with Crippen molar-refractivity contribution in [3.63, 3.8) is 0 Å². The Balaban J connectivity index is 0.00000180. The lowest BCUT2D eigenvalue weighted by Gasteiger charge is -2.07. The van der Waals surface area contributed by atoms with Crippen molar-refractivity contribution in [1.29, 1.82) is 0 Å². The zero-order valence-electron chi connectivity index (χ0n) is 10.5. The van der Waals surface area contributed by atoms with Gasteiger partial charge >= 0.3 is 0 Å². The molecule has 1 unspecified atom stereocenters. The van der Waals surface area contributed by atoms with Crippen LogP contribution in [0.2, 0.25) is 0 Å². The second kappa shape index (κ2) is 8.05. The van der Waals surface area contributed by atoms with Crippen LogP contribution < -0.4 is 11.1 Å². The molecule has 0 saturated heterocycles. The van der Waals surface area contributed by atoms with Gasteiger partial charge in [-0.15, -0.1) is 35.3 Å². The maximum absolute atomic E-state index is 5.79. The first kappa shape index (κ1) is 15.8. The molecule has 0 amide bonds. The highest BCUT2D eigenvalue weighted by atomic mass is 127. The standard InChI is InChI=1S/C12H15N5S.HI/c1-9(11-15-6-7-18-11)8-16-12(13)17-10-4-2-3-5-14-10;/h2-7,9H,8H2,1H3,(H3,13,14,16,17);1H. The average Bonchev–Trinajstić information content (AvgIpc) is 2.91. The molecule has 0 aliphatic heterocycles. The third kappa shape index (κ3) is 5.11. The van der Waals surface area contributed by atoms with Crippen molar-refractivity contribution in [1.82, 2.24) is 9.97 Å². The highest BCUT2D eigenvalue weighted by Gasteiger charge is 2.07. The van der Waals surface area contributed by atoms with E-state index in [4.69, 9.17) is 5.73 Å². The molecule has 0 aliphatic carbocycles. The van der Waals surface area contributed by atoms with Gasteiger partial charge in [0.15, 0.2) is 5.96 Å². The first-order chi connectivity index (χ1) is 8.75. The van der Waals surface area contributed by atoms with E-state index in [1.807, 2.05) is 23.6 Å². The van der Waals surface area contributed by atoms with Gasteiger partial charge in [0.1, 0.15) is 5.82 Å². The summed E-state index contributed by atoms with van der Waals surface area (Å²) in [6.45, 7) is 2.69. The highest BCUT2D eigenvalue weighted by molar-refractivity contribution is 14.0. The molecule has 1 atom stereocenters. The van der Waals surface area contributed by atoms with E-state index in [0.29, 0.717) is 18.3 Å². The predicted octanol–water partition coefficient (Wildman–Crippen LogP) is 2.69. The molecular weight excluding hydrogens is 373 g/mol. The highest BCUT2D eigenvalue weighted by Crippen LogP contribution is 2.17. The van der Waals surface area contributed by atoms with Crippen LogP contribution in [0.4, 0.5) is 5.82 Å². The smallest absolute Gasteiger partial charge is 0.194 e. The molecule has 7 heteroatoms. The number of hydrogen-bond donors (Lipinski definition) is 2. The number of anilines is 1. The summed E-state index contributed by atoms with van der Waals surface area (Å²) in [5, 5.41) is 5.98. The molecule has 2 heterocycles. The summed E-state index contributed by atoms with van der Waals surface area (Å²) in [5.41, 5.74) is 5.79. The topological polar surface area (TPSA) is 76.2 Å². The fraction of sp³-hybridized carbons (Fsp3) is 0.250. The summed E-state index contributed by atoms with van der Waals surface area (Å²) < 4.78 is 0. The molecule has 102 valence electrons. The fourth-order valence-electron chi connectivity index (χ4n) is 1.40. The summed E-state index contributed by atoms with van der Waals surface area (Å²) in [6, 6.07) is 5.58. The average molecular weight is 389 g/mol. The lowest BCUT2D eigenvalue weighted by atomic mass is 10.2. The number of nitrogens with one attached hydrogen (secondary N) is 1. The molecule has 0 bridgehead atoms.